The Kier molecular flexibility index (Phi) is 2.17. The highest BCUT2D eigenvalue weighted by molar-refractivity contribution is 4.11. The Morgan fingerprint density at radius 2 is 1.71 bits per heavy atom. The number of hydroxylamine groups is 3. The number of quaternary nitrogens is 1. The van der Waals surface area contributed by atoms with E-state index in [4.69, 9.17) is 15.6 Å². The van der Waals surface area contributed by atoms with Crippen LogP contribution >= 0.6 is 0 Å². The summed E-state index contributed by atoms with van der Waals surface area (Å²) >= 11 is 0. The zero-order valence-corrected chi connectivity index (χ0v) is 4.20. The monoisotopic (exact) mass is 108 g/mol. The van der Waals surface area contributed by atoms with Gasteiger partial charge in [-0.2, -0.15) is 0 Å². The van der Waals surface area contributed by atoms with E-state index in [0.717, 1.165) is 0 Å². The van der Waals surface area contributed by atoms with Crippen LogP contribution in [0.15, 0.2) is 0 Å². The first-order valence-corrected chi connectivity index (χ1v) is 2.12. The molecule has 0 amide bonds. The molecule has 0 heterocycles. The van der Waals surface area contributed by atoms with Crippen LogP contribution in [0.2, 0.25) is 0 Å². The van der Waals surface area contributed by atoms with E-state index in [2.05, 4.69) is 0 Å². The average Bonchev–Trinajstić information content (AvgIpc) is 1.30. The van der Waals surface area contributed by atoms with Crippen LogP contribution in [0.5, 0.6) is 0 Å². The molecule has 0 bridgehead atoms. The van der Waals surface area contributed by atoms with Gasteiger partial charge in [0.25, 0.3) is 0 Å². The van der Waals surface area contributed by atoms with Crippen molar-refractivity contribution in [2.45, 2.75) is 13.3 Å². The van der Waals surface area contributed by atoms with E-state index in [1.54, 1.807) is 6.92 Å². The number of hydrogen-bond acceptors (Lipinski definition) is 3. The largest absolute Gasteiger partial charge is 0.177 e. The molecule has 0 aromatic heterocycles. The van der Waals surface area contributed by atoms with E-state index in [-0.39, 0.29) is 6.54 Å². The summed E-state index contributed by atoms with van der Waals surface area (Å²) in [6, 6.07) is 0. The zero-order valence-electron chi connectivity index (χ0n) is 4.20. The average molecular weight is 108 g/mol. The summed E-state index contributed by atoms with van der Waals surface area (Å²) < 4.78 is 0. The normalized spacial score (nSPS) is 12.0. The Morgan fingerprint density at radius 3 is 1.71 bits per heavy atom. The Morgan fingerprint density at radius 1 is 1.29 bits per heavy atom. The van der Waals surface area contributed by atoms with E-state index in [1.165, 1.54) is 0 Å². The van der Waals surface area contributed by atoms with Crippen molar-refractivity contribution in [3.05, 3.63) is 0 Å². The molecular formula is C3H10NO3+. The second kappa shape index (κ2) is 2.23. The fourth-order valence-corrected chi connectivity index (χ4v) is 0.300. The molecule has 7 heavy (non-hydrogen) atoms. The van der Waals surface area contributed by atoms with Gasteiger partial charge in [0.15, 0.2) is 6.54 Å². The third-order valence-corrected chi connectivity index (χ3v) is 0.524. The number of hydrogen-bond donors (Lipinski definition) is 3. The molecule has 0 spiro atoms. The van der Waals surface area contributed by atoms with Gasteiger partial charge in [0.2, 0.25) is 0 Å². The molecule has 3 N–H and O–H groups in total. The van der Waals surface area contributed by atoms with Crippen molar-refractivity contribution < 1.29 is 20.6 Å². The maximum absolute atomic E-state index is 8.07. The number of nitrogens with zero attached hydrogens (tertiary/aromatic N) is 1. The van der Waals surface area contributed by atoms with Crippen molar-refractivity contribution in [3.8, 4) is 0 Å². The first kappa shape index (κ1) is 6.84. The van der Waals surface area contributed by atoms with Crippen LogP contribution in [0.3, 0.4) is 0 Å². The summed E-state index contributed by atoms with van der Waals surface area (Å²) in [5.74, 6) is 0. The van der Waals surface area contributed by atoms with Gasteiger partial charge in [-0.15, -0.1) is 15.6 Å². The van der Waals surface area contributed by atoms with Crippen LogP contribution in [0.4, 0.5) is 0 Å². The molecule has 0 saturated carbocycles. The Hall–Kier alpha value is -0.160. The molecule has 0 aromatic rings. The predicted molar refractivity (Wildman–Crippen MR) is 20.8 cm³/mol. The lowest BCUT2D eigenvalue weighted by molar-refractivity contribution is -1.37. The number of rotatable bonds is 2. The van der Waals surface area contributed by atoms with Gasteiger partial charge in [0.05, 0.1) is 4.97 Å². The Bertz CT molecular complexity index is 48.6. The highest BCUT2D eigenvalue weighted by Crippen LogP contribution is 1.88. The van der Waals surface area contributed by atoms with Gasteiger partial charge < -0.3 is 0 Å². The molecule has 0 aliphatic heterocycles. The molecule has 0 aromatic carbocycles. The molecule has 0 rings (SSSR count). The lowest BCUT2D eigenvalue weighted by Crippen LogP contribution is -2.37. The first-order chi connectivity index (χ1) is 3.06. The van der Waals surface area contributed by atoms with E-state index in [1.807, 2.05) is 0 Å². The lowest BCUT2D eigenvalue weighted by Gasteiger charge is -2.08. The van der Waals surface area contributed by atoms with Crippen molar-refractivity contribution in [1.29, 1.82) is 0 Å². The summed E-state index contributed by atoms with van der Waals surface area (Å²) in [6.07, 6.45) is 0.531. The summed E-state index contributed by atoms with van der Waals surface area (Å²) in [5.41, 5.74) is 0. The predicted octanol–water partition coefficient (Wildman–Crippen LogP) is 0.381. The topological polar surface area (TPSA) is 60.7 Å². The smallest absolute Gasteiger partial charge is 0.146 e. The maximum Gasteiger partial charge on any atom is 0.177 e. The van der Waals surface area contributed by atoms with Crippen LogP contribution in [0, 0.1) is 0 Å². The summed E-state index contributed by atoms with van der Waals surface area (Å²) in [7, 11) is 0. The van der Waals surface area contributed by atoms with Crippen molar-refractivity contribution in [2.75, 3.05) is 6.54 Å². The minimum atomic E-state index is -1.91. The molecule has 0 atom stereocenters. The van der Waals surface area contributed by atoms with Crippen LogP contribution in [-0.2, 0) is 0 Å². The van der Waals surface area contributed by atoms with Gasteiger partial charge in [-0.1, -0.05) is 6.92 Å². The van der Waals surface area contributed by atoms with Gasteiger partial charge in [-0.3, -0.25) is 0 Å². The molecular weight excluding hydrogens is 98.0 g/mol. The van der Waals surface area contributed by atoms with Crippen molar-refractivity contribution in [2.24, 2.45) is 0 Å². The Balaban J connectivity index is 3.15. The van der Waals surface area contributed by atoms with Crippen molar-refractivity contribution in [1.82, 2.24) is 0 Å². The first-order valence-electron chi connectivity index (χ1n) is 2.12. The van der Waals surface area contributed by atoms with Crippen LogP contribution in [0.1, 0.15) is 13.3 Å². The summed E-state index contributed by atoms with van der Waals surface area (Å²) in [5, 5.41) is 24.2. The van der Waals surface area contributed by atoms with Crippen LogP contribution in [0.25, 0.3) is 0 Å². The second-order valence-corrected chi connectivity index (χ2v) is 1.42. The highest BCUT2D eigenvalue weighted by Gasteiger charge is 2.14. The fraction of sp³-hybridized carbons (Fsp3) is 1.00. The minimum Gasteiger partial charge on any atom is -0.146 e. The molecule has 0 unspecified atom stereocenters. The molecule has 0 aliphatic carbocycles. The molecule has 4 nitrogen and oxygen atoms in total. The lowest BCUT2D eigenvalue weighted by atomic mass is 10.5. The van der Waals surface area contributed by atoms with E-state index < -0.39 is 4.97 Å². The quantitative estimate of drug-likeness (QED) is 0.354. The Labute approximate surface area is 41.7 Å². The van der Waals surface area contributed by atoms with Crippen LogP contribution in [-0.4, -0.2) is 27.1 Å². The third kappa shape index (κ3) is 5.84. The van der Waals surface area contributed by atoms with Crippen LogP contribution < -0.4 is 0 Å². The molecule has 4 heteroatoms. The fourth-order valence-electron chi connectivity index (χ4n) is 0.300. The van der Waals surface area contributed by atoms with Gasteiger partial charge in [-0.05, 0) is 0 Å². The highest BCUT2D eigenvalue weighted by atomic mass is 17.1. The molecule has 0 radical (unpaired) electrons. The molecule has 0 fully saturated rings. The summed E-state index contributed by atoms with van der Waals surface area (Å²) in [6.45, 7) is 1.68. The van der Waals surface area contributed by atoms with Crippen molar-refractivity contribution in [3.63, 3.8) is 0 Å². The van der Waals surface area contributed by atoms with Gasteiger partial charge in [0.1, 0.15) is 0 Å². The maximum atomic E-state index is 8.07. The van der Waals surface area contributed by atoms with Gasteiger partial charge in [-0.25, -0.2) is 0 Å². The van der Waals surface area contributed by atoms with E-state index in [0.29, 0.717) is 6.42 Å². The standard InChI is InChI=1S/C3H10NO3/c1-2-3-4(5,6)7/h5-7H,2-3H2,1H3/q+1. The molecule has 44 valence electrons. The van der Waals surface area contributed by atoms with Crippen molar-refractivity contribution >= 4 is 0 Å². The molecule has 0 saturated heterocycles. The van der Waals surface area contributed by atoms with E-state index in [9.17, 15) is 0 Å². The van der Waals surface area contributed by atoms with E-state index >= 15 is 0 Å². The van der Waals surface area contributed by atoms with Gasteiger partial charge >= 0.3 is 0 Å². The third-order valence-electron chi connectivity index (χ3n) is 0.524. The minimum absolute atomic E-state index is 0.0556. The zero-order chi connectivity index (χ0) is 5.91. The summed E-state index contributed by atoms with van der Waals surface area (Å²) in [4.78, 5) is -1.91. The van der Waals surface area contributed by atoms with Gasteiger partial charge in [0, 0.05) is 6.42 Å². The second-order valence-electron chi connectivity index (χ2n) is 1.42. The molecule has 0 aliphatic rings. The SMILES string of the molecule is CCC[N+](O)(O)O.